The maximum atomic E-state index is 4.54. The van der Waals surface area contributed by atoms with Crippen molar-refractivity contribution in [1.29, 1.82) is 0 Å². The quantitative estimate of drug-likeness (QED) is 0.826. The fourth-order valence-electron chi connectivity index (χ4n) is 1.92. The zero-order valence-electron chi connectivity index (χ0n) is 10.7. The van der Waals surface area contributed by atoms with Crippen LogP contribution >= 0.6 is 0 Å². The Kier molecular flexibility index (Phi) is 4.14. The second-order valence-corrected chi connectivity index (χ2v) is 4.67. The average Bonchev–Trinajstić information content (AvgIpc) is 2.82. The summed E-state index contributed by atoms with van der Waals surface area (Å²) in [6, 6.07) is 1.93. The smallest absolute Gasteiger partial charge is 0.227 e. The molecule has 1 aromatic heterocycles. The standard InChI is InChI=1S/C12H21N5/c1-16(2)10-7-13-11-5-6-14-12(15-11)17-8-3-4-9-17/h5-6H,3-4,7-10H2,1-2H3,(H,13,14,15). The Bertz CT molecular complexity index is 347. The van der Waals surface area contributed by atoms with Gasteiger partial charge in [-0.2, -0.15) is 4.98 Å². The summed E-state index contributed by atoms with van der Waals surface area (Å²) in [5.74, 6) is 1.78. The van der Waals surface area contributed by atoms with Crippen LogP contribution in [0.25, 0.3) is 0 Å². The molecule has 0 bridgehead atoms. The second-order valence-electron chi connectivity index (χ2n) is 4.67. The Hall–Kier alpha value is -1.36. The maximum absolute atomic E-state index is 4.54. The van der Waals surface area contributed by atoms with Gasteiger partial charge in [0.15, 0.2) is 0 Å². The minimum absolute atomic E-state index is 0.859. The van der Waals surface area contributed by atoms with Gasteiger partial charge in [0, 0.05) is 32.4 Å². The summed E-state index contributed by atoms with van der Waals surface area (Å²) in [4.78, 5) is 13.3. The molecule has 1 aliphatic heterocycles. The third kappa shape index (κ3) is 3.56. The van der Waals surface area contributed by atoms with Crippen molar-refractivity contribution in [1.82, 2.24) is 14.9 Å². The minimum atomic E-state index is 0.859. The molecule has 5 nitrogen and oxygen atoms in total. The number of nitrogens with zero attached hydrogens (tertiary/aromatic N) is 4. The van der Waals surface area contributed by atoms with E-state index in [1.54, 1.807) is 0 Å². The van der Waals surface area contributed by atoms with E-state index in [1.807, 2.05) is 12.3 Å². The Labute approximate surface area is 103 Å². The fraction of sp³-hybridized carbons (Fsp3) is 0.667. The van der Waals surface area contributed by atoms with Crippen LogP contribution in [0.15, 0.2) is 12.3 Å². The van der Waals surface area contributed by atoms with E-state index in [-0.39, 0.29) is 0 Å². The fourth-order valence-corrected chi connectivity index (χ4v) is 1.92. The highest BCUT2D eigenvalue weighted by molar-refractivity contribution is 5.41. The molecular formula is C12H21N5. The van der Waals surface area contributed by atoms with Crippen LogP contribution < -0.4 is 10.2 Å². The number of anilines is 2. The molecule has 94 valence electrons. The molecule has 1 N–H and O–H groups in total. The highest BCUT2D eigenvalue weighted by Crippen LogP contribution is 2.16. The lowest BCUT2D eigenvalue weighted by Crippen LogP contribution is -2.23. The zero-order chi connectivity index (χ0) is 12.1. The summed E-state index contributed by atoms with van der Waals surface area (Å²) in [5.41, 5.74) is 0. The highest BCUT2D eigenvalue weighted by atomic mass is 15.3. The van der Waals surface area contributed by atoms with E-state index >= 15 is 0 Å². The van der Waals surface area contributed by atoms with E-state index in [4.69, 9.17) is 0 Å². The van der Waals surface area contributed by atoms with Crippen molar-refractivity contribution in [2.75, 3.05) is 50.5 Å². The molecular weight excluding hydrogens is 214 g/mol. The lowest BCUT2D eigenvalue weighted by Gasteiger charge is -2.16. The van der Waals surface area contributed by atoms with Gasteiger partial charge < -0.3 is 15.1 Å². The molecule has 0 saturated carbocycles. The van der Waals surface area contributed by atoms with Crippen LogP contribution in [0.4, 0.5) is 11.8 Å². The third-order valence-corrected chi connectivity index (χ3v) is 2.90. The summed E-state index contributed by atoms with van der Waals surface area (Å²) in [5, 5.41) is 3.32. The van der Waals surface area contributed by atoms with Gasteiger partial charge in [-0.05, 0) is 33.0 Å². The van der Waals surface area contributed by atoms with Crippen molar-refractivity contribution < 1.29 is 0 Å². The van der Waals surface area contributed by atoms with Crippen LogP contribution in [-0.2, 0) is 0 Å². The third-order valence-electron chi connectivity index (χ3n) is 2.90. The van der Waals surface area contributed by atoms with Gasteiger partial charge in [0.1, 0.15) is 5.82 Å². The first kappa shape index (κ1) is 12.1. The van der Waals surface area contributed by atoms with Gasteiger partial charge >= 0.3 is 0 Å². The van der Waals surface area contributed by atoms with Crippen molar-refractivity contribution in [3.05, 3.63) is 12.3 Å². The Morgan fingerprint density at radius 3 is 2.82 bits per heavy atom. The van der Waals surface area contributed by atoms with Crippen LogP contribution in [0.1, 0.15) is 12.8 Å². The Morgan fingerprint density at radius 2 is 2.12 bits per heavy atom. The minimum Gasteiger partial charge on any atom is -0.369 e. The van der Waals surface area contributed by atoms with E-state index in [2.05, 4.69) is 39.2 Å². The van der Waals surface area contributed by atoms with Crippen molar-refractivity contribution in [3.63, 3.8) is 0 Å². The Balaban J connectivity index is 1.91. The first-order valence-electron chi connectivity index (χ1n) is 6.22. The van der Waals surface area contributed by atoms with Crippen molar-refractivity contribution in [3.8, 4) is 0 Å². The number of aromatic nitrogens is 2. The Morgan fingerprint density at radius 1 is 1.35 bits per heavy atom. The molecule has 5 heteroatoms. The first-order valence-corrected chi connectivity index (χ1v) is 6.22. The molecule has 0 radical (unpaired) electrons. The molecule has 0 aromatic carbocycles. The van der Waals surface area contributed by atoms with E-state index < -0.39 is 0 Å². The van der Waals surface area contributed by atoms with E-state index in [0.29, 0.717) is 0 Å². The summed E-state index contributed by atoms with van der Waals surface area (Å²) >= 11 is 0. The molecule has 0 amide bonds. The molecule has 0 spiro atoms. The molecule has 1 fully saturated rings. The van der Waals surface area contributed by atoms with Crippen molar-refractivity contribution in [2.45, 2.75) is 12.8 Å². The van der Waals surface area contributed by atoms with Gasteiger partial charge in [-0.15, -0.1) is 0 Å². The number of hydrogen-bond acceptors (Lipinski definition) is 5. The van der Waals surface area contributed by atoms with Gasteiger partial charge in [-0.3, -0.25) is 0 Å². The van der Waals surface area contributed by atoms with E-state index in [0.717, 1.165) is 37.9 Å². The van der Waals surface area contributed by atoms with Crippen LogP contribution in [0.2, 0.25) is 0 Å². The SMILES string of the molecule is CN(C)CCNc1ccnc(N2CCCC2)n1. The van der Waals surface area contributed by atoms with Gasteiger partial charge in [-0.25, -0.2) is 4.98 Å². The summed E-state index contributed by atoms with van der Waals surface area (Å²) < 4.78 is 0. The molecule has 1 saturated heterocycles. The largest absolute Gasteiger partial charge is 0.369 e. The maximum Gasteiger partial charge on any atom is 0.227 e. The molecule has 2 rings (SSSR count). The lowest BCUT2D eigenvalue weighted by atomic mass is 10.4. The molecule has 1 aromatic rings. The van der Waals surface area contributed by atoms with Crippen molar-refractivity contribution in [2.24, 2.45) is 0 Å². The highest BCUT2D eigenvalue weighted by Gasteiger charge is 2.14. The average molecular weight is 235 g/mol. The second kappa shape index (κ2) is 5.82. The van der Waals surface area contributed by atoms with Gasteiger partial charge in [0.2, 0.25) is 5.95 Å². The lowest BCUT2D eigenvalue weighted by molar-refractivity contribution is 0.425. The van der Waals surface area contributed by atoms with Gasteiger partial charge in [0.05, 0.1) is 0 Å². The van der Waals surface area contributed by atoms with E-state index in [1.165, 1.54) is 12.8 Å². The summed E-state index contributed by atoms with van der Waals surface area (Å²) in [6.45, 7) is 4.08. The number of rotatable bonds is 5. The molecule has 1 aliphatic rings. The van der Waals surface area contributed by atoms with Gasteiger partial charge in [-0.1, -0.05) is 0 Å². The molecule has 17 heavy (non-hydrogen) atoms. The summed E-state index contributed by atoms with van der Waals surface area (Å²) in [7, 11) is 4.13. The molecule has 0 unspecified atom stereocenters. The normalized spacial score (nSPS) is 15.6. The number of likely N-dealkylation sites (N-methyl/N-ethyl adjacent to an activating group) is 1. The number of nitrogens with one attached hydrogen (secondary N) is 1. The predicted molar refractivity (Wildman–Crippen MR) is 70.5 cm³/mol. The van der Waals surface area contributed by atoms with Crippen LogP contribution in [0, 0.1) is 0 Å². The topological polar surface area (TPSA) is 44.3 Å². The van der Waals surface area contributed by atoms with Crippen LogP contribution in [-0.4, -0.2) is 55.1 Å². The zero-order valence-corrected chi connectivity index (χ0v) is 10.7. The van der Waals surface area contributed by atoms with E-state index in [9.17, 15) is 0 Å². The molecule has 0 atom stereocenters. The van der Waals surface area contributed by atoms with Crippen molar-refractivity contribution >= 4 is 11.8 Å². The molecule has 0 aliphatic carbocycles. The number of hydrogen-bond donors (Lipinski definition) is 1. The summed E-state index contributed by atoms with van der Waals surface area (Å²) in [6.07, 6.45) is 4.34. The first-order chi connectivity index (χ1) is 8.25. The van der Waals surface area contributed by atoms with Crippen LogP contribution in [0.3, 0.4) is 0 Å². The van der Waals surface area contributed by atoms with Crippen LogP contribution in [0.5, 0.6) is 0 Å². The predicted octanol–water partition coefficient (Wildman–Crippen LogP) is 1.05. The van der Waals surface area contributed by atoms with Gasteiger partial charge in [0.25, 0.3) is 0 Å². The molecule has 2 heterocycles. The monoisotopic (exact) mass is 235 g/mol.